The van der Waals surface area contributed by atoms with E-state index in [-0.39, 0.29) is 17.9 Å². The molecule has 5 heteroatoms. The van der Waals surface area contributed by atoms with Crippen LogP contribution >= 0.6 is 11.8 Å². The first-order valence-electron chi connectivity index (χ1n) is 9.97. The van der Waals surface area contributed by atoms with E-state index in [0.717, 1.165) is 10.5 Å². The molecule has 4 nitrogen and oxygen atoms in total. The van der Waals surface area contributed by atoms with Gasteiger partial charge in [0.25, 0.3) is 5.91 Å². The second-order valence-electron chi connectivity index (χ2n) is 7.11. The largest absolute Gasteiger partial charge is 0.345 e. The van der Waals surface area contributed by atoms with Gasteiger partial charge in [-0.25, -0.2) is 0 Å². The summed E-state index contributed by atoms with van der Waals surface area (Å²) < 4.78 is 0. The topological polar surface area (TPSA) is 58.2 Å². The van der Waals surface area contributed by atoms with E-state index in [2.05, 4.69) is 41.8 Å². The fourth-order valence-corrected chi connectivity index (χ4v) is 3.85. The molecule has 0 radical (unpaired) electrons. The number of aryl methyl sites for hydroxylation is 1. The molecule has 2 N–H and O–H groups in total. The number of thioether (sulfide) groups is 1. The van der Waals surface area contributed by atoms with Crippen LogP contribution in [0.2, 0.25) is 0 Å². The Hall–Kier alpha value is -3.05. The van der Waals surface area contributed by atoms with Gasteiger partial charge in [-0.2, -0.15) is 0 Å². The molecule has 3 rings (SSSR count). The Morgan fingerprint density at radius 1 is 0.900 bits per heavy atom. The third kappa shape index (κ3) is 6.22. The molecule has 1 atom stereocenters. The molecule has 0 heterocycles. The minimum atomic E-state index is -0.212. The van der Waals surface area contributed by atoms with Gasteiger partial charge in [-0.15, -0.1) is 11.8 Å². The lowest BCUT2D eigenvalue weighted by atomic mass is 10.1. The summed E-state index contributed by atoms with van der Waals surface area (Å²) in [6.45, 7) is 3.99. The van der Waals surface area contributed by atoms with Gasteiger partial charge < -0.3 is 10.6 Å². The normalized spacial score (nSPS) is 11.5. The van der Waals surface area contributed by atoms with Crippen molar-refractivity contribution in [3.8, 4) is 0 Å². The first kappa shape index (κ1) is 21.7. The number of hydrogen-bond donors (Lipinski definition) is 2. The van der Waals surface area contributed by atoms with Crippen LogP contribution < -0.4 is 10.6 Å². The van der Waals surface area contributed by atoms with Crippen LogP contribution in [0.25, 0.3) is 0 Å². The minimum Gasteiger partial charge on any atom is -0.345 e. The van der Waals surface area contributed by atoms with Crippen LogP contribution in [-0.2, 0) is 4.79 Å². The van der Waals surface area contributed by atoms with Crippen molar-refractivity contribution in [3.05, 3.63) is 95.6 Å². The van der Waals surface area contributed by atoms with E-state index in [4.69, 9.17) is 0 Å². The van der Waals surface area contributed by atoms with Crippen molar-refractivity contribution in [2.45, 2.75) is 31.2 Å². The molecule has 0 aliphatic heterocycles. The second kappa shape index (κ2) is 10.6. The number of anilines is 1. The molecule has 0 spiro atoms. The Kier molecular flexibility index (Phi) is 7.69. The maximum Gasteiger partial charge on any atom is 0.253 e. The number of hydrogen-bond acceptors (Lipinski definition) is 3. The van der Waals surface area contributed by atoms with Gasteiger partial charge >= 0.3 is 0 Å². The lowest BCUT2D eigenvalue weighted by Crippen LogP contribution is -2.28. The van der Waals surface area contributed by atoms with Crippen LogP contribution in [-0.4, -0.2) is 17.6 Å². The SMILES string of the molecule is Cc1ccc(SCCC(=O)Nc2ccccc2C(=O)N[C@H](C)c2ccccc2)cc1. The van der Waals surface area contributed by atoms with Gasteiger partial charge in [0.1, 0.15) is 0 Å². The number of rotatable bonds is 8. The van der Waals surface area contributed by atoms with Crippen molar-refractivity contribution >= 4 is 29.3 Å². The number of benzene rings is 3. The molecule has 0 aromatic heterocycles. The van der Waals surface area contributed by atoms with Crippen molar-refractivity contribution in [2.24, 2.45) is 0 Å². The summed E-state index contributed by atoms with van der Waals surface area (Å²) in [7, 11) is 0. The molecule has 0 saturated heterocycles. The predicted molar refractivity (Wildman–Crippen MR) is 124 cm³/mol. The molecular weight excluding hydrogens is 392 g/mol. The smallest absolute Gasteiger partial charge is 0.253 e. The van der Waals surface area contributed by atoms with Crippen LogP contribution in [0, 0.1) is 6.92 Å². The molecule has 0 aliphatic rings. The van der Waals surface area contributed by atoms with E-state index in [9.17, 15) is 9.59 Å². The van der Waals surface area contributed by atoms with Crippen LogP contribution in [0.1, 0.15) is 40.9 Å². The highest BCUT2D eigenvalue weighted by Crippen LogP contribution is 2.21. The Bertz CT molecular complexity index is 988. The summed E-state index contributed by atoms with van der Waals surface area (Å²) >= 11 is 1.64. The van der Waals surface area contributed by atoms with Gasteiger partial charge in [0, 0.05) is 17.1 Å². The first-order chi connectivity index (χ1) is 14.5. The van der Waals surface area contributed by atoms with Gasteiger partial charge in [-0.3, -0.25) is 9.59 Å². The van der Waals surface area contributed by atoms with E-state index >= 15 is 0 Å². The zero-order valence-electron chi connectivity index (χ0n) is 17.2. The van der Waals surface area contributed by atoms with Gasteiger partial charge in [0.05, 0.1) is 17.3 Å². The number of carbonyl (C=O) groups is 2. The van der Waals surface area contributed by atoms with Gasteiger partial charge in [0.2, 0.25) is 5.91 Å². The number of para-hydroxylation sites is 1. The average molecular weight is 419 g/mol. The van der Waals surface area contributed by atoms with E-state index in [0.29, 0.717) is 23.4 Å². The maximum atomic E-state index is 12.8. The third-order valence-corrected chi connectivity index (χ3v) is 5.73. The Morgan fingerprint density at radius 3 is 2.30 bits per heavy atom. The van der Waals surface area contributed by atoms with Gasteiger partial charge in [-0.05, 0) is 43.7 Å². The summed E-state index contributed by atoms with van der Waals surface area (Å²) in [4.78, 5) is 26.4. The lowest BCUT2D eigenvalue weighted by Gasteiger charge is -2.16. The van der Waals surface area contributed by atoms with Crippen molar-refractivity contribution in [2.75, 3.05) is 11.1 Å². The van der Waals surface area contributed by atoms with E-state index in [1.54, 1.807) is 30.0 Å². The molecule has 2 amide bonds. The molecule has 0 bridgehead atoms. The molecule has 0 saturated carbocycles. The van der Waals surface area contributed by atoms with E-state index in [1.807, 2.05) is 43.3 Å². The predicted octanol–water partition coefficient (Wildman–Crippen LogP) is 5.61. The van der Waals surface area contributed by atoms with Crippen LogP contribution in [0.3, 0.4) is 0 Å². The summed E-state index contributed by atoms with van der Waals surface area (Å²) in [5.41, 5.74) is 3.23. The van der Waals surface area contributed by atoms with Crippen molar-refractivity contribution in [1.29, 1.82) is 0 Å². The monoisotopic (exact) mass is 418 g/mol. The van der Waals surface area contributed by atoms with Crippen LogP contribution in [0.15, 0.2) is 83.8 Å². The van der Waals surface area contributed by atoms with Gasteiger partial charge in [0.15, 0.2) is 0 Å². The molecule has 3 aromatic carbocycles. The van der Waals surface area contributed by atoms with Crippen molar-refractivity contribution in [1.82, 2.24) is 5.32 Å². The Balaban J connectivity index is 1.56. The zero-order valence-corrected chi connectivity index (χ0v) is 18.0. The van der Waals surface area contributed by atoms with Gasteiger partial charge in [-0.1, -0.05) is 60.2 Å². The average Bonchev–Trinajstić information content (AvgIpc) is 2.76. The standard InChI is InChI=1S/C25H26N2O2S/c1-18-12-14-21(15-13-18)30-17-16-24(28)27-23-11-7-6-10-22(23)25(29)26-19(2)20-8-4-3-5-9-20/h3-15,19H,16-17H2,1-2H3,(H,26,29)(H,27,28)/t19-/m1/s1. The molecule has 0 unspecified atom stereocenters. The number of carbonyl (C=O) groups excluding carboxylic acids is 2. The van der Waals surface area contributed by atoms with E-state index < -0.39 is 0 Å². The Morgan fingerprint density at radius 2 is 1.57 bits per heavy atom. The van der Waals surface area contributed by atoms with Crippen LogP contribution in [0.5, 0.6) is 0 Å². The summed E-state index contributed by atoms with van der Waals surface area (Å²) in [6, 6.07) is 25.0. The van der Waals surface area contributed by atoms with Crippen LogP contribution in [0.4, 0.5) is 5.69 Å². The fraction of sp³-hybridized carbons (Fsp3) is 0.200. The highest BCUT2D eigenvalue weighted by Gasteiger charge is 2.16. The maximum absolute atomic E-state index is 12.8. The molecule has 0 aliphatic carbocycles. The minimum absolute atomic E-state index is 0.106. The van der Waals surface area contributed by atoms with Crippen molar-refractivity contribution < 1.29 is 9.59 Å². The second-order valence-corrected chi connectivity index (χ2v) is 8.28. The summed E-state index contributed by atoms with van der Waals surface area (Å²) in [5, 5.41) is 5.89. The molecule has 3 aromatic rings. The fourth-order valence-electron chi connectivity index (χ4n) is 3.00. The zero-order chi connectivity index (χ0) is 21.3. The number of amides is 2. The summed E-state index contributed by atoms with van der Waals surface area (Å²) in [6.07, 6.45) is 0.370. The number of nitrogens with one attached hydrogen (secondary N) is 2. The first-order valence-corrected chi connectivity index (χ1v) is 11.0. The lowest BCUT2D eigenvalue weighted by molar-refractivity contribution is -0.115. The molecule has 0 fully saturated rings. The Labute approximate surface area is 182 Å². The quantitative estimate of drug-likeness (QED) is 0.468. The summed E-state index contributed by atoms with van der Waals surface area (Å²) in [5.74, 6) is 0.358. The molecule has 154 valence electrons. The van der Waals surface area contributed by atoms with E-state index in [1.165, 1.54) is 5.56 Å². The highest BCUT2D eigenvalue weighted by atomic mass is 32.2. The molecule has 30 heavy (non-hydrogen) atoms. The third-order valence-electron chi connectivity index (χ3n) is 4.71. The van der Waals surface area contributed by atoms with Crippen molar-refractivity contribution in [3.63, 3.8) is 0 Å². The highest BCUT2D eigenvalue weighted by molar-refractivity contribution is 7.99. The molecular formula is C25H26N2O2S.